The van der Waals surface area contributed by atoms with Crippen molar-refractivity contribution in [1.29, 1.82) is 0 Å². The van der Waals surface area contributed by atoms with Gasteiger partial charge >= 0.3 is 0 Å². The number of carbonyl (C=O) groups is 2. The lowest BCUT2D eigenvalue weighted by molar-refractivity contribution is -0.138. The van der Waals surface area contributed by atoms with E-state index in [-0.39, 0.29) is 18.4 Å². The van der Waals surface area contributed by atoms with Crippen LogP contribution in [-0.2, 0) is 16.1 Å². The first-order valence-electron chi connectivity index (χ1n) is 9.75. The maximum Gasteiger partial charge on any atom is 0.243 e. The molecule has 2 amide bonds. The lowest BCUT2D eigenvalue weighted by Crippen LogP contribution is -2.46. The number of carbonyl (C=O) groups excluding carboxylic acids is 2. The van der Waals surface area contributed by atoms with Crippen molar-refractivity contribution in [3.05, 3.63) is 34.9 Å². The number of likely N-dealkylation sites (tertiary alicyclic amines) is 2. The number of piperidine rings is 1. The Bertz CT molecular complexity index is 646. The second kappa shape index (κ2) is 9.53. The highest BCUT2D eigenvalue weighted by Crippen LogP contribution is 2.20. The number of rotatable bonds is 6. The van der Waals surface area contributed by atoms with E-state index in [4.69, 9.17) is 11.6 Å². The summed E-state index contributed by atoms with van der Waals surface area (Å²) in [6.07, 6.45) is 3.68. The summed E-state index contributed by atoms with van der Waals surface area (Å²) in [6.45, 7) is 3.42. The van der Waals surface area contributed by atoms with Crippen LogP contribution in [0, 0.1) is 0 Å². The number of aliphatic hydroxyl groups is 1. The molecule has 1 aromatic rings. The van der Waals surface area contributed by atoms with Gasteiger partial charge in [0.1, 0.15) is 6.04 Å². The molecule has 2 aliphatic heterocycles. The molecule has 0 aliphatic carbocycles. The standard InChI is InChI=1S/C20H28ClN3O3/c21-16-6-4-15(5-7-16)13-22-20(27)18-12-17(25)14-24(18)19(26)8-11-23-9-2-1-3-10-23/h4-7,17-18,25H,1-3,8-14H2,(H,22,27). The molecule has 2 unspecified atom stereocenters. The molecular formula is C20H28ClN3O3. The molecule has 0 bridgehead atoms. The SMILES string of the molecule is O=C(NCc1ccc(Cl)cc1)C1CC(O)CN1C(=O)CCN1CCCCC1. The normalized spacial score (nSPS) is 23.4. The fourth-order valence-electron chi connectivity index (χ4n) is 3.83. The molecule has 2 N–H and O–H groups in total. The molecule has 27 heavy (non-hydrogen) atoms. The van der Waals surface area contributed by atoms with E-state index in [1.165, 1.54) is 19.3 Å². The Morgan fingerprint density at radius 2 is 1.85 bits per heavy atom. The molecule has 7 heteroatoms. The third-order valence-electron chi connectivity index (χ3n) is 5.37. The van der Waals surface area contributed by atoms with Gasteiger partial charge in [0.05, 0.1) is 6.10 Å². The first-order valence-corrected chi connectivity index (χ1v) is 10.1. The fraction of sp³-hybridized carbons (Fsp3) is 0.600. The number of hydrogen-bond donors (Lipinski definition) is 2. The minimum atomic E-state index is -0.643. The number of amides is 2. The van der Waals surface area contributed by atoms with E-state index in [1.807, 2.05) is 12.1 Å². The van der Waals surface area contributed by atoms with Crippen molar-refractivity contribution in [2.45, 2.75) is 50.8 Å². The number of nitrogens with zero attached hydrogens (tertiary/aromatic N) is 2. The van der Waals surface area contributed by atoms with E-state index in [1.54, 1.807) is 17.0 Å². The molecule has 0 spiro atoms. The monoisotopic (exact) mass is 393 g/mol. The van der Waals surface area contributed by atoms with Gasteiger partial charge in [-0.3, -0.25) is 9.59 Å². The number of β-amino-alcohol motifs (C(OH)–C–C–N with tert-alkyl or cyclic N) is 1. The van der Waals surface area contributed by atoms with Crippen LogP contribution in [0.3, 0.4) is 0 Å². The molecule has 2 atom stereocenters. The van der Waals surface area contributed by atoms with Crippen LogP contribution in [-0.4, -0.2) is 65.0 Å². The Labute approximate surface area is 165 Å². The number of nitrogens with one attached hydrogen (secondary N) is 1. The fourth-order valence-corrected chi connectivity index (χ4v) is 3.95. The molecule has 6 nitrogen and oxygen atoms in total. The highest BCUT2D eigenvalue weighted by Gasteiger charge is 2.38. The minimum absolute atomic E-state index is 0.0521. The predicted octanol–water partition coefficient (Wildman–Crippen LogP) is 1.79. The van der Waals surface area contributed by atoms with E-state index in [0.29, 0.717) is 24.4 Å². The maximum atomic E-state index is 12.7. The van der Waals surface area contributed by atoms with Crippen molar-refractivity contribution in [3.63, 3.8) is 0 Å². The summed E-state index contributed by atoms with van der Waals surface area (Å²) in [4.78, 5) is 29.1. The van der Waals surface area contributed by atoms with Gasteiger partial charge in [-0.1, -0.05) is 30.2 Å². The van der Waals surface area contributed by atoms with E-state index in [2.05, 4.69) is 10.2 Å². The van der Waals surface area contributed by atoms with Crippen molar-refractivity contribution in [1.82, 2.24) is 15.1 Å². The molecule has 0 radical (unpaired) electrons. The molecule has 1 aromatic carbocycles. The van der Waals surface area contributed by atoms with Gasteiger partial charge in [0.2, 0.25) is 11.8 Å². The summed E-state index contributed by atoms with van der Waals surface area (Å²) in [5, 5.41) is 13.5. The quantitative estimate of drug-likeness (QED) is 0.772. The minimum Gasteiger partial charge on any atom is -0.391 e. The predicted molar refractivity (Wildman–Crippen MR) is 104 cm³/mol. The van der Waals surface area contributed by atoms with Crippen molar-refractivity contribution in [3.8, 4) is 0 Å². The Balaban J connectivity index is 1.51. The smallest absolute Gasteiger partial charge is 0.243 e. The van der Waals surface area contributed by atoms with Gasteiger partial charge in [0, 0.05) is 37.5 Å². The number of halogens is 1. The lowest BCUT2D eigenvalue weighted by atomic mass is 10.1. The van der Waals surface area contributed by atoms with Crippen LogP contribution in [0.2, 0.25) is 5.02 Å². The zero-order valence-electron chi connectivity index (χ0n) is 15.6. The number of benzene rings is 1. The van der Waals surface area contributed by atoms with Crippen molar-refractivity contribution in [2.75, 3.05) is 26.2 Å². The molecule has 2 fully saturated rings. The summed E-state index contributed by atoms with van der Waals surface area (Å²) in [5.41, 5.74) is 0.939. The average Bonchev–Trinajstić information content (AvgIpc) is 3.08. The Hall–Kier alpha value is -1.63. The van der Waals surface area contributed by atoms with Crippen molar-refractivity contribution in [2.24, 2.45) is 0 Å². The lowest BCUT2D eigenvalue weighted by Gasteiger charge is -2.28. The molecule has 3 rings (SSSR count). The third kappa shape index (κ3) is 5.67. The van der Waals surface area contributed by atoms with Crippen LogP contribution < -0.4 is 5.32 Å². The van der Waals surface area contributed by atoms with Gasteiger partial charge in [-0.15, -0.1) is 0 Å². The Morgan fingerprint density at radius 1 is 1.15 bits per heavy atom. The average molecular weight is 394 g/mol. The molecule has 148 valence electrons. The molecule has 2 saturated heterocycles. The van der Waals surface area contributed by atoms with Crippen LogP contribution >= 0.6 is 11.6 Å². The van der Waals surface area contributed by atoms with Crippen LogP contribution in [0.15, 0.2) is 24.3 Å². The topological polar surface area (TPSA) is 72.9 Å². The Morgan fingerprint density at radius 3 is 2.56 bits per heavy atom. The molecule has 2 aliphatic rings. The highest BCUT2D eigenvalue weighted by atomic mass is 35.5. The third-order valence-corrected chi connectivity index (χ3v) is 5.62. The molecule has 0 saturated carbocycles. The summed E-state index contributed by atoms with van der Waals surface area (Å²) in [6, 6.07) is 6.67. The molecule has 0 aromatic heterocycles. The highest BCUT2D eigenvalue weighted by molar-refractivity contribution is 6.30. The summed E-state index contributed by atoms with van der Waals surface area (Å²) in [7, 11) is 0. The van der Waals surface area contributed by atoms with E-state index in [9.17, 15) is 14.7 Å². The van der Waals surface area contributed by atoms with Gasteiger partial charge in [0.25, 0.3) is 0 Å². The largest absolute Gasteiger partial charge is 0.391 e. The van der Waals surface area contributed by atoms with E-state index in [0.717, 1.165) is 25.2 Å². The van der Waals surface area contributed by atoms with Crippen LogP contribution in [0.4, 0.5) is 0 Å². The second-order valence-corrected chi connectivity index (χ2v) is 7.88. The summed E-state index contributed by atoms with van der Waals surface area (Å²) in [5.74, 6) is -0.267. The van der Waals surface area contributed by atoms with Gasteiger partial charge in [-0.25, -0.2) is 0 Å². The van der Waals surface area contributed by atoms with E-state index >= 15 is 0 Å². The second-order valence-electron chi connectivity index (χ2n) is 7.45. The summed E-state index contributed by atoms with van der Waals surface area (Å²) >= 11 is 5.87. The van der Waals surface area contributed by atoms with Crippen molar-refractivity contribution < 1.29 is 14.7 Å². The first-order chi connectivity index (χ1) is 13.0. The van der Waals surface area contributed by atoms with Crippen LogP contribution in [0.5, 0.6) is 0 Å². The molecular weight excluding hydrogens is 366 g/mol. The molecule has 2 heterocycles. The van der Waals surface area contributed by atoms with Gasteiger partial charge in [-0.05, 0) is 43.6 Å². The zero-order chi connectivity index (χ0) is 19.2. The summed E-state index contributed by atoms with van der Waals surface area (Å²) < 4.78 is 0. The van der Waals surface area contributed by atoms with Gasteiger partial charge in [0.15, 0.2) is 0 Å². The van der Waals surface area contributed by atoms with Crippen molar-refractivity contribution >= 4 is 23.4 Å². The van der Waals surface area contributed by atoms with Crippen LogP contribution in [0.25, 0.3) is 0 Å². The number of hydrogen-bond acceptors (Lipinski definition) is 4. The number of aliphatic hydroxyl groups excluding tert-OH is 1. The van der Waals surface area contributed by atoms with Gasteiger partial charge < -0.3 is 20.2 Å². The van der Waals surface area contributed by atoms with Crippen LogP contribution in [0.1, 0.15) is 37.7 Å². The first kappa shape index (κ1) is 20.1. The van der Waals surface area contributed by atoms with E-state index < -0.39 is 12.1 Å². The Kier molecular flexibility index (Phi) is 7.10. The maximum absolute atomic E-state index is 12.7. The zero-order valence-corrected chi connectivity index (χ0v) is 16.3. The van der Waals surface area contributed by atoms with Gasteiger partial charge in [-0.2, -0.15) is 0 Å².